The van der Waals surface area contributed by atoms with Gasteiger partial charge in [-0.2, -0.15) is 13.2 Å². The molecule has 0 aromatic carbocycles. The lowest BCUT2D eigenvalue weighted by Crippen LogP contribution is -2.21. The second-order valence-electron chi connectivity index (χ2n) is 4.57. The van der Waals surface area contributed by atoms with Crippen molar-refractivity contribution in [2.24, 2.45) is 0 Å². The zero-order valence-corrected chi connectivity index (χ0v) is 8.51. The molecule has 1 aromatic heterocycles. The fraction of sp³-hybridized carbons (Fsp3) is 0.700. The van der Waals surface area contributed by atoms with Gasteiger partial charge >= 0.3 is 6.18 Å². The van der Waals surface area contributed by atoms with Gasteiger partial charge in [-0.15, -0.1) is 0 Å². The number of imidazole rings is 1. The van der Waals surface area contributed by atoms with Crippen LogP contribution >= 0.6 is 0 Å². The summed E-state index contributed by atoms with van der Waals surface area (Å²) in [6, 6.07) is 0.805. The first kappa shape index (κ1) is 10.1. The van der Waals surface area contributed by atoms with Crippen molar-refractivity contribution >= 4 is 0 Å². The third kappa shape index (κ3) is 1.52. The van der Waals surface area contributed by atoms with Gasteiger partial charge in [0.15, 0.2) is 0 Å². The molecular formula is C10H12F3N3. The normalized spacial score (nSPS) is 33.6. The molecule has 0 radical (unpaired) electrons. The molecule has 3 unspecified atom stereocenters. The minimum Gasteiger partial charge on any atom is -0.338 e. The molecule has 3 heterocycles. The van der Waals surface area contributed by atoms with Crippen LogP contribution in [-0.4, -0.2) is 22.1 Å². The number of fused-ring (bicyclic) bond motifs is 2. The van der Waals surface area contributed by atoms with Gasteiger partial charge in [-0.05, 0) is 19.3 Å². The number of H-pyrrole nitrogens is 1. The Labute approximate surface area is 90.4 Å². The third-order valence-corrected chi connectivity index (χ3v) is 3.56. The highest BCUT2D eigenvalue weighted by molar-refractivity contribution is 5.17. The molecular weight excluding hydrogens is 219 g/mol. The molecule has 3 atom stereocenters. The van der Waals surface area contributed by atoms with E-state index in [1.165, 1.54) is 6.20 Å². The van der Waals surface area contributed by atoms with Crippen molar-refractivity contribution in [3.63, 3.8) is 0 Å². The van der Waals surface area contributed by atoms with Gasteiger partial charge in [-0.25, -0.2) is 4.98 Å². The fourth-order valence-corrected chi connectivity index (χ4v) is 2.84. The number of hydrogen-bond donors (Lipinski definition) is 2. The molecule has 2 aliphatic heterocycles. The van der Waals surface area contributed by atoms with Crippen LogP contribution in [0.1, 0.15) is 36.7 Å². The molecule has 2 bridgehead atoms. The molecule has 3 rings (SSSR count). The SMILES string of the molecule is FC(F)(F)c1ncc(C2CC3CCC2N3)[nH]1. The van der Waals surface area contributed by atoms with Crippen LogP contribution in [0.3, 0.4) is 0 Å². The highest BCUT2D eigenvalue weighted by Crippen LogP contribution is 2.40. The monoisotopic (exact) mass is 231 g/mol. The lowest BCUT2D eigenvalue weighted by molar-refractivity contribution is -0.144. The Kier molecular flexibility index (Phi) is 2.04. The maximum Gasteiger partial charge on any atom is 0.449 e. The van der Waals surface area contributed by atoms with E-state index in [9.17, 15) is 13.2 Å². The number of aromatic amines is 1. The fourth-order valence-electron chi connectivity index (χ4n) is 2.84. The van der Waals surface area contributed by atoms with E-state index in [0.29, 0.717) is 17.8 Å². The van der Waals surface area contributed by atoms with Crippen LogP contribution in [0.5, 0.6) is 0 Å². The van der Waals surface area contributed by atoms with Crippen LogP contribution in [0.2, 0.25) is 0 Å². The highest BCUT2D eigenvalue weighted by Gasteiger charge is 2.42. The number of nitrogens with zero attached hydrogens (tertiary/aromatic N) is 1. The van der Waals surface area contributed by atoms with E-state index in [-0.39, 0.29) is 5.92 Å². The van der Waals surface area contributed by atoms with Crippen LogP contribution < -0.4 is 5.32 Å². The number of rotatable bonds is 1. The molecule has 2 fully saturated rings. The summed E-state index contributed by atoms with van der Waals surface area (Å²) >= 11 is 0. The highest BCUT2D eigenvalue weighted by atomic mass is 19.4. The Morgan fingerprint density at radius 2 is 2.12 bits per heavy atom. The quantitative estimate of drug-likeness (QED) is 0.776. The minimum absolute atomic E-state index is 0.169. The second kappa shape index (κ2) is 3.23. The molecule has 16 heavy (non-hydrogen) atoms. The standard InChI is InChI=1S/C10H12F3N3/c11-10(12,13)9-14-4-8(16-9)6-3-5-1-2-7(6)15-5/h4-7,15H,1-3H2,(H,14,16). The van der Waals surface area contributed by atoms with Gasteiger partial charge in [-0.3, -0.25) is 0 Å². The maximum absolute atomic E-state index is 12.4. The minimum atomic E-state index is -4.37. The molecule has 0 spiro atoms. The zero-order valence-electron chi connectivity index (χ0n) is 8.51. The van der Waals surface area contributed by atoms with E-state index in [1.807, 2.05) is 0 Å². The second-order valence-corrected chi connectivity index (χ2v) is 4.57. The number of aromatic nitrogens is 2. The van der Waals surface area contributed by atoms with Gasteiger partial charge in [-0.1, -0.05) is 0 Å². The van der Waals surface area contributed by atoms with E-state index < -0.39 is 12.0 Å². The Morgan fingerprint density at radius 1 is 1.31 bits per heavy atom. The Bertz CT molecular complexity index is 398. The largest absolute Gasteiger partial charge is 0.449 e. The Hall–Kier alpha value is -1.04. The molecule has 88 valence electrons. The lowest BCUT2D eigenvalue weighted by Gasteiger charge is -2.18. The molecule has 2 N–H and O–H groups in total. The average molecular weight is 231 g/mol. The summed E-state index contributed by atoms with van der Waals surface area (Å²) in [4.78, 5) is 5.81. The zero-order chi connectivity index (χ0) is 11.3. The maximum atomic E-state index is 12.4. The van der Waals surface area contributed by atoms with Gasteiger partial charge in [0.1, 0.15) is 0 Å². The Balaban J connectivity index is 1.83. The smallest absolute Gasteiger partial charge is 0.338 e. The lowest BCUT2D eigenvalue weighted by atomic mass is 9.87. The van der Waals surface area contributed by atoms with E-state index in [2.05, 4.69) is 15.3 Å². The molecule has 2 aliphatic rings. The first-order valence-electron chi connectivity index (χ1n) is 5.42. The summed E-state index contributed by atoms with van der Waals surface area (Å²) in [6.07, 6.45) is 0.0699. The van der Waals surface area contributed by atoms with E-state index in [0.717, 1.165) is 19.3 Å². The predicted molar refractivity (Wildman–Crippen MR) is 50.9 cm³/mol. The summed E-state index contributed by atoms with van der Waals surface area (Å²) in [6.45, 7) is 0. The molecule has 0 saturated carbocycles. The van der Waals surface area contributed by atoms with E-state index in [1.54, 1.807) is 0 Å². The van der Waals surface area contributed by atoms with Crippen LogP contribution in [0.4, 0.5) is 13.2 Å². The summed E-state index contributed by atoms with van der Waals surface area (Å²) in [7, 11) is 0. The van der Waals surface area contributed by atoms with E-state index in [4.69, 9.17) is 0 Å². The molecule has 2 saturated heterocycles. The van der Waals surface area contributed by atoms with Crippen molar-refractivity contribution in [2.45, 2.75) is 43.4 Å². The molecule has 0 amide bonds. The average Bonchev–Trinajstić information content (AvgIpc) is 2.92. The number of alkyl halides is 3. The van der Waals surface area contributed by atoms with Crippen molar-refractivity contribution in [3.8, 4) is 0 Å². The van der Waals surface area contributed by atoms with Crippen LogP contribution in [0.25, 0.3) is 0 Å². The summed E-state index contributed by atoms with van der Waals surface area (Å²) in [5.74, 6) is -0.715. The van der Waals surface area contributed by atoms with Crippen LogP contribution in [0.15, 0.2) is 6.20 Å². The van der Waals surface area contributed by atoms with Gasteiger partial charge in [0, 0.05) is 29.9 Å². The van der Waals surface area contributed by atoms with Crippen molar-refractivity contribution in [2.75, 3.05) is 0 Å². The molecule has 3 nitrogen and oxygen atoms in total. The molecule has 6 heteroatoms. The number of hydrogen-bond acceptors (Lipinski definition) is 2. The first-order chi connectivity index (χ1) is 7.54. The summed E-state index contributed by atoms with van der Waals surface area (Å²) in [5.41, 5.74) is 0.618. The van der Waals surface area contributed by atoms with Crippen molar-refractivity contribution in [1.29, 1.82) is 0 Å². The van der Waals surface area contributed by atoms with Crippen molar-refractivity contribution in [1.82, 2.24) is 15.3 Å². The van der Waals surface area contributed by atoms with Gasteiger partial charge in [0.05, 0.1) is 0 Å². The third-order valence-electron chi connectivity index (χ3n) is 3.56. The van der Waals surface area contributed by atoms with Crippen LogP contribution in [-0.2, 0) is 6.18 Å². The number of nitrogens with one attached hydrogen (secondary N) is 2. The van der Waals surface area contributed by atoms with Gasteiger partial charge in [0.25, 0.3) is 0 Å². The first-order valence-corrected chi connectivity index (χ1v) is 5.42. The van der Waals surface area contributed by atoms with Gasteiger partial charge < -0.3 is 10.3 Å². The van der Waals surface area contributed by atoms with Crippen molar-refractivity contribution < 1.29 is 13.2 Å². The van der Waals surface area contributed by atoms with Gasteiger partial charge in [0.2, 0.25) is 5.82 Å². The topological polar surface area (TPSA) is 40.7 Å². The summed E-state index contributed by atoms with van der Waals surface area (Å²) < 4.78 is 37.1. The van der Waals surface area contributed by atoms with Crippen LogP contribution in [0, 0.1) is 0 Å². The number of halogens is 3. The Morgan fingerprint density at radius 3 is 2.62 bits per heavy atom. The molecule has 1 aromatic rings. The van der Waals surface area contributed by atoms with Crippen molar-refractivity contribution in [3.05, 3.63) is 17.7 Å². The van der Waals surface area contributed by atoms with E-state index >= 15 is 0 Å². The summed E-state index contributed by atoms with van der Waals surface area (Å²) in [5, 5.41) is 3.40. The predicted octanol–water partition coefficient (Wildman–Crippen LogP) is 2.04. The molecule has 0 aliphatic carbocycles.